The van der Waals surface area contributed by atoms with Gasteiger partial charge in [0, 0.05) is 29.0 Å². The number of hydrogen-bond donors (Lipinski definition) is 1. The summed E-state index contributed by atoms with van der Waals surface area (Å²) in [6, 6.07) is 20.8. The maximum atomic E-state index is 13.6. The molecule has 0 aromatic heterocycles. The van der Waals surface area contributed by atoms with E-state index in [1.54, 1.807) is 38.1 Å². The van der Waals surface area contributed by atoms with E-state index in [4.69, 9.17) is 18.6 Å². The van der Waals surface area contributed by atoms with Gasteiger partial charge in [-0.25, -0.2) is 0 Å². The van der Waals surface area contributed by atoms with Gasteiger partial charge in [-0.1, -0.05) is 63.2 Å². The number of hydrogen-bond acceptors (Lipinski definition) is 7. The summed E-state index contributed by atoms with van der Waals surface area (Å²) in [7, 11) is 2.26. The van der Waals surface area contributed by atoms with Crippen molar-refractivity contribution >= 4 is 26.0 Å². The first kappa shape index (κ1) is 30.4. The average Bonchev–Trinajstić information content (AvgIpc) is 2.91. The zero-order valence-electron chi connectivity index (χ0n) is 24.1. The molecule has 2 atom stereocenters. The van der Waals surface area contributed by atoms with Gasteiger partial charge in [-0.15, -0.1) is 11.8 Å². The lowest BCUT2D eigenvalue weighted by molar-refractivity contribution is -0.142. The van der Waals surface area contributed by atoms with Crippen LogP contribution in [0.15, 0.2) is 66.7 Å². The lowest BCUT2D eigenvalue weighted by Crippen LogP contribution is -2.44. The second-order valence-corrected chi connectivity index (χ2v) is 16.8. The van der Waals surface area contributed by atoms with Gasteiger partial charge in [-0.2, -0.15) is 0 Å². The molecule has 0 aliphatic heterocycles. The minimum absolute atomic E-state index is 0.0502. The van der Waals surface area contributed by atoms with Crippen LogP contribution in [0.25, 0.3) is 0 Å². The van der Waals surface area contributed by atoms with Crippen LogP contribution in [0.5, 0.6) is 23.0 Å². The van der Waals surface area contributed by atoms with E-state index in [1.807, 2.05) is 54.6 Å². The highest BCUT2D eigenvalue weighted by molar-refractivity contribution is 7.98. The van der Waals surface area contributed by atoms with Crippen molar-refractivity contribution in [2.75, 3.05) is 21.3 Å². The van der Waals surface area contributed by atoms with Crippen molar-refractivity contribution in [3.05, 3.63) is 83.4 Å². The number of rotatable bonds is 11. The van der Waals surface area contributed by atoms with Crippen LogP contribution in [0.4, 0.5) is 0 Å². The van der Waals surface area contributed by atoms with E-state index >= 15 is 0 Å². The number of thioether (sulfide) groups is 1. The first-order chi connectivity index (χ1) is 18.4. The van der Waals surface area contributed by atoms with Crippen molar-refractivity contribution in [2.45, 2.75) is 55.8 Å². The van der Waals surface area contributed by atoms with Crippen LogP contribution < -0.4 is 13.9 Å². The SMILES string of the molecule is COC(=O)[C@@H](c1ccc(OC)cc1O[Si](C)(C)C(C)(C)C)[C@H](SCc1ccccc1)c1ccc(OC)cc1O. The first-order valence-electron chi connectivity index (χ1n) is 12.9. The fraction of sp³-hybridized carbons (Fsp3) is 0.387. The van der Waals surface area contributed by atoms with Crippen molar-refractivity contribution < 1.29 is 28.5 Å². The van der Waals surface area contributed by atoms with E-state index in [1.165, 1.54) is 7.11 Å². The van der Waals surface area contributed by atoms with Crippen molar-refractivity contribution in [1.29, 1.82) is 0 Å². The average molecular weight is 569 g/mol. The molecule has 3 aromatic carbocycles. The predicted octanol–water partition coefficient (Wildman–Crippen LogP) is 7.72. The Bertz CT molecular complexity index is 1260. The normalized spacial score (nSPS) is 13.3. The highest BCUT2D eigenvalue weighted by atomic mass is 32.2. The number of carbonyl (C=O) groups excluding carboxylic acids is 1. The summed E-state index contributed by atoms with van der Waals surface area (Å²) in [5.41, 5.74) is 2.41. The molecule has 39 heavy (non-hydrogen) atoms. The molecule has 0 bridgehead atoms. The second-order valence-electron chi connectivity index (χ2n) is 10.9. The largest absolute Gasteiger partial charge is 0.543 e. The molecule has 0 aliphatic carbocycles. The highest BCUT2D eigenvalue weighted by Crippen LogP contribution is 2.50. The summed E-state index contributed by atoms with van der Waals surface area (Å²) in [5.74, 6) is 1.25. The fourth-order valence-corrected chi connectivity index (χ4v) is 6.40. The van der Waals surface area contributed by atoms with Crippen LogP contribution >= 0.6 is 11.8 Å². The number of aromatic hydroxyl groups is 1. The molecular weight excluding hydrogens is 528 g/mol. The van der Waals surface area contributed by atoms with Crippen LogP contribution in [0.3, 0.4) is 0 Å². The van der Waals surface area contributed by atoms with Gasteiger partial charge in [0.2, 0.25) is 8.32 Å². The summed E-state index contributed by atoms with van der Waals surface area (Å²) >= 11 is 1.57. The van der Waals surface area contributed by atoms with E-state index in [0.29, 0.717) is 34.1 Å². The number of methoxy groups -OCH3 is 3. The van der Waals surface area contributed by atoms with Gasteiger partial charge in [0.1, 0.15) is 28.9 Å². The van der Waals surface area contributed by atoms with E-state index in [-0.39, 0.29) is 10.8 Å². The molecule has 3 aromatic rings. The number of benzene rings is 3. The van der Waals surface area contributed by atoms with Gasteiger partial charge < -0.3 is 23.7 Å². The summed E-state index contributed by atoms with van der Waals surface area (Å²) in [4.78, 5) is 13.6. The monoisotopic (exact) mass is 568 g/mol. The van der Waals surface area contributed by atoms with Gasteiger partial charge in [-0.3, -0.25) is 4.79 Å². The molecule has 6 nitrogen and oxygen atoms in total. The van der Waals surface area contributed by atoms with Gasteiger partial charge in [0.15, 0.2) is 0 Å². The van der Waals surface area contributed by atoms with Crippen LogP contribution in [0.1, 0.15) is 48.6 Å². The smallest absolute Gasteiger partial charge is 0.314 e. The summed E-state index contributed by atoms with van der Waals surface area (Å²) < 4.78 is 23.0. The molecule has 0 radical (unpaired) electrons. The molecule has 0 amide bonds. The van der Waals surface area contributed by atoms with Gasteiger partial charge in [0.25, 0.3) is 0 Å². The zero-order chi connectivity index (χ0) is 28.8. The van der Waals surface area contributed by atoms with Gasteiger partial charge in [-0.05, 0) is 35.8 Å². The maximum absolute atomic E-state index is 13.6. The third kappa shape index (κ3) is 7.31. The molecule has 0 aliphatic rings. The molecule has 0 heterocycles. The minimum atomic E-state index is -2.29. The molecule has 0 fully saturated rings. The maximum Gasteiger partial charge on any atom is 0.314 e. The number of ether oxygens (including phenoxy) is 3. The number of phenolic OH excluding ortho intramolecular Hbond substituents is 1. The Hall–Kier alpha value is -3.10. The van der Waals surface area contributed by atoms with Crippen LogP contribution in [-0.2, 0) is 15.3 Å². The Morgan fingerprint density at radius 3 is 2.03 bits per heavy atom. The van der Waals surface area contributed by atoms with Crippen molar-refractivity contribution in [3.63, 3.8) is 0 Å². The number of phenols is 1. The van der Waals surface area contributed by atoms with Crippen molar-refractivity contribution in [3.8, 4) is 23.0 Å². The molecule has 210 valence electrons. The Labute approximate surface area is 237 Å². The highest BCUT2D eigenvalue weighted by Gasteiger charge is 2.42. The van der Waals surface area contributed by atoms with Gasteiger partial charge in [0.05, 0.1) is 26.6 Å². The molecule has 0 spiro atoms. The molecular formula is C31H40O6SSi. The van der Waals surface area contributed by atoms with Crippen LogP contribution in [0.2, 0.25) is 18.1 Å². The molecule has 3 rings (SSSR count). The van der Waals surface area contributed by atoms with Crippen LogP contribution in [0, 0.1) is 0 Å². The Morgan fingerprint density at radius 1 is 0.897 bits per heavy atom. The Morgan fingerprint density at radius 2 is 1.49 bits per heavy atom. The molecule has 1 N–H and O–H groups in total. The summed E-state index contributed by atoms with van der Waals surface area (Å²) in [5, 5.41) is 10.5. The zero-order valence-corrected chi connectivity index (χ0v) is 25.9. The molecule has 0 saturated carbocycles. The number of esters is 1. The van der Waals surface area contributed by atoms with Gasteiger partial charge >= 0.3 is 5.97 Å². The van der Waals surface area contributed by atoms with Crippen molar-refractivity contribution in [1.82, 2.24) is 0 Å². The predicted molar refractivity (Wildman–Crippen MR) is 161 cm³/mol. The third-order valence-corrected chi connectivity index (χ3v) is 13.0. The second kappa shape index (κ2) is 12.8. The van der Waals surface area contributed by atoms with Crippen molar-refractivity contribution in [2.24, 2.45) is 0 Å². The van der Waals surface area contributed by atoms with Crippen LogP contribution in [-0.4, -0.2) is 40.7 Å². The Balaban J connectivity index is 2.20. The first-order valence-corrected chi connectivity index (χ1v) is 16.8. The third-order valence-electron chi connectivity index (χ3n) is 7.30. The quantitative estimate of drug-likeness (QED) is 0.187. The molecule has 0 saturated heterocycles. The number of carbonyl (C=O) groups is 1. The van der Waals surface area contributed by atoms with E-state index in [0.717, 1.165) is 5.56 Å². The standard InChI is InChI=1S/C31H40O6SSi/c1-31(2,3)39(7,8)37-27-19-23(35-5)15-17-25(27)28(30(33)36-6)29(38-20-21-12-10-9-11-13-21)24-16-14-22(34-4)18-26(24)32/h9-19,28-29,32H,20H2,1-8H3/t28-,29+/m0/s1. The lowest BCUT2D eigenvalue weighted by Gasteiger charge is -2.38. The Kier molecular flexibility index (Phi) is 10.0. The van der Waals surface area contributed by atoms with E-state index in [9.17, 15) is 9.90 Å². The lowest BCUT2D eigenvalue weighted by atomic mass is 9.90. The minimum Gasteiger partial charge on any atom is -0.543 e. The topological polar surface area (TPSA) is 74.2 Å². The summed E-state index contributed by atoms with van der Waals surface area (Å²) in [6.07, 6.45) is 0. The molecule has 0 unspecified atom stereocenters. The van der Waals surface area contributed by atoms with E-state index < -0.39 is 25.5 Å². The fourth-order valence-electron chi connectivity index (χ4n) is 3.97. The summed E-state index contributed by atoms with van der Waals surface area (Å²) in [6.45, 7) is 10.8. The van der Waals surface area contributed by atoms with E-state index in [2.05, 4.69) is 33.9 Å². The molecule has 8 heteroatoms.